The van der Waals surface area contributed by atoms with Crippen molar-refractivity contribution in [1.29, 1.82) is 0 Å². The maximum Gasteiger partial charge on any atom is 0.133 e. The predicted octanol–water partition coefficient (Wildman–Crippen LogP) is 4.36. The number of rotatable bonds is 4. The molecule has 1 aliphatic rings. The summed E-state index contributed by atoms with van der Waals surface area (Å²) in [6.07, 6.45) is 0. The van der Waals surface area contributed by atoms with Crippen LogP contribution in [0.25, 0.3) is 0 Å². The van der Waals surface area contributed by atoms with Crippen molar-refractivity contribution in [3.05, 3.63) is 50.6 Å². The minimum Gasteiger partial charge on any atom is -0.496 e. The van der Waals surface area contributed by atoms with Crippen LogP contribution >= 0.6 is 52.1 Å². The van der Waals surface area contributed by atoms with E-state index in [1.165, 1.54) is 10.4 Å². The molecule has 0 radical (unpaired) electrons. The number of thiophene rings is 1. The highest BCUT2D eigenvalue weighted by atomic mass is 79.9. The van der Waals surface area contributed by atoms with Gasteiger partial charge in [0.15, 0.2) is 0 Å². The topological polar surface area (TPSA) is 24.5 Å². The van der Waals surface area contributed by atoms with Crippen molar-refractivity contribution in [3.8, 4) is 5.75 Å². The van der Waals surface area contributed by atoms with Gasteiger partial charge in [-0.05, 0) is 45.1 Å². The molecule has 3 rings (SSSR count). The highest BCUT2D eigenvalue weighted by molar-refractivity contribution is 9.10. The van der Waals surface area contributed by atoms with Crippen molar-refractivity contribution in [1.82, 2.24) is 10.2 Å². The highest BCUT2D eigenvalue weighted by Gasteiger charge is 2.25. The fraction of sp³-hybridized carbons (Fsp3) is 0.375. The van der Waals surface area contributed by atoms with E-state index in [2.05, 4.69) is 55.8 Å². The Bertz CT molecular complexity index is 592. The van der Waals surface area contributed by atoms with E-state index in [0.717, 1.165) is 36.4 Å². The predicted molar refractivity (Wildman–Crippen MR) is 106 cm³/mol. The number of nitrogens with one attached hydrogen (secondary N) is 1. The zero-order chi connectivity index (χ0) is 14.7. The first-order valence-electron chi connectivity index (χ1n) is 7.11. The molecule has 1 aliphatic heterocycles. The smallest absolute Gasteiger partial charge is 0.133 e. The Morgan fingerprint density at radius 2 is 1.96 bits per heavy atom. The average Bonchev–Trinajstić information content (AvgIpc) is 3.03. The Kier molecular flexibility index (Phi) is 8.90. The van der Waals surface area contributed by atoms with E-state index in [-0.39, 0.29) is 24.8 Å². The third kappa shape index (κ3) is 4.84. The summed E-state index contributed by atoms with van der Waals surface area (Å²) in [5.41, 5.74) is 1.31. The van der Waals surface area contributed by atoms with E-state index in [1.54, 1.807) is 7.11 Å². The van der Waals surface area contributed by atoms with Crippen LogP contribution < -0.4 is 10.1 Å². The molecule has 1 aromatic carbocycles. The molecule has 23 heavy (non-hydrogen) atoms. The second kappa shape index (κ2) is 9.87. The first-order valence-corrected chi connectivity index (χ1v) is 8.78. The van der Waals surface area contributed by atoms with E-state index in [9.17, 15) is 0 Å². The Hall–Kier alpha value is -0.300. The standard InChI is InChI=1S/C16H19BrN2OS.2ClH/c1-20-14-5-4-12(11-13(14)17)16(15-3-2-10-21-15)19-8-6-18-7-9-19;;/h2-5,10-11,16,18H,6-9H2,1H3;2*1H/t16-;;/m1../s1. The Morgan fingerprint density at radius 1 is 1.22 bits per heavy atom. The molecular weight excluding hydrogens is 419 g/mol. The number of nitrogens with zero attached hydrogens (tertiary/aromatic N) is 1. The Balaban J connectivity index is 0.00000132. The normalized spacial score (nSPS) is 16.1. The zero-order valence-electron chi connectivity index (χ0n) is 12.8. The van der Waals surface area contributed by atoms with E-state index in [4.69, 9.17) is 4.74 Å². The molecule has 2 aromatic rings. The monoisotopic (exact) mass is 438 g/mol. The van der Waals surface area contributed by atoms with Gasteiger partial charge >= 0.3 is 0 Å². The van der Waals surface area contributed by atoms with Gasteiger partial charge in [0, 0.05) is 31.1 Å². The molecule has 1 N–H and O–H groups in total. The van der Waals surface area contributed by atoms with Crippen LogP contribution in [0.4, 0.5) is 0 Å². The van der Waals surface area contributed by atoms with E-state index in [1.807, 2.05) is 17.4 Å². The van der Waals surface area contributed by atoms with Crippen molar-refractivity contribution in [2.24, 2.45) is 0 Å². The van der Waals surface area contributed by atoms with Gasteiger partial charge in [-0.1, -0.05) is 12.1 Å². The zero-order valence-corrected chi connectivity index (χ0v) is 16.9. The summed E-state index contributed by atoms with van der Waals surface area (Å²) >= 11 is 5.44. The van der Waals surface area contributed by atoms with Gasteiger partial charge in [-0.15, -0.1) is 36.2 Å². The number of methoxy groups -OCH3 is 1. The van der Waals surface area contributed by atoms with Crippen LogP contribution in [0.2, 0.25) is 0 Å². The van der Waals surface area contributed by atoms with Crippen LogP contribution in [0.15, 0.2) is 40.2 Å². The molecule has 0 aliphatic carbocycles. The number of ether oxygens (including phenoxy) is 1. The molecule has 7 heteroatoms. The lowest BCUT2D eigenvalue weighted by Gasteiger charge is -2.35. The first-order chi connectivity index (χ1) is 10.3. The van der Waals surface area contributed by atoms with Crippen LogP contribution in [0.3, 0.4) is 0 Å². The SMILES string of the molecule is COc1ccc([C@H](c2cccs2)N2CCNCC2)cc1Br.Cl.Cl. The van der Waals surface area contributed by atoms with Crippen molar-refractivity contribution in [3.63, 3.8) is 0 Å². The van der Waals surface area contributed by atoms with Crippen molar-refractivity contribution >= 4 is 52.1 Å². The van der Waals surface area contributed by atoms with Gasteiger partial charge in [0.2, 0.25) is 0 Å². The highest BCUT2D eigenvalue weighted by Crippen LogP contribution is 2.35. The van der Waals surface area contributed by atoms with Crippen molar-refractivity contribution < 1.29 is 4.74 Å². The maximum atomic E-state index is 5.35. The van der Waals surface area contributed by atoms with Crippen molar-refractivity contribution in [2.45, 2.75) is 6.04 Å². The molecule has 1 saturated heterocycles. The molecule has 0 amide bonds. The fourth-order valence-corrected chi connectivity index (χ4v) is 4.24. The summed E-state index contributed by atoms with van der Waals surface area (Å²) in [7, 11) is 1.70. The van der Waals surface area contributed by atoms with Gasteiger partial charge in [0.1, 0.15) is 5.75 Å². The molecule has 1 aromatic heterocycles. The lowest BCUT2D eigenvalue weighted by Crippen LogP contribution is -2.45. The Morgan fingerprint density at radius 3 is 2.52 bits per heavy atom. The van der Waals surface area contributed by atoms with Gasteiger partial charge in [0.25, 0.3) is 0 Å². The van der Waals surface area contributed by atoms with Crippen LogP contribution in [-0.4, -0.2) is 38.2 Å². The molecule has 1 fully saturated rings. The van der Waals surface area contributed by atoms with Gasteiger partial charge < -0.3 is 10.1 Å². The molecule has 0 unspecified atom stereocenters. The molecular formula is C16H21BrCl2N2OS. The van der Waals surface area contributed by atoms with Crippen LogP contribution in [0.1, 0.15) is 16.5 Å². The third-order valence-corrected chi connectivity index (χ3v) is 5.37. The maximum absolute atomic E-state index is 5.35. The molecule has 1 atom stereocenters. The summed E-state index contributed by atoms with van der Waals surface area (Å²) < 4.78 is 6.36. The second-order valence-corrected chi connectivity index (χ2v) is 6.93. The summed E-state index contributed by atoms with van der Waals surface area (Å²) in [4.78, 5) is 3.95. The molecule has 2 heterocycles. The largest absolute Gasteiger partial charge is 0.496 e. The van der Waals surface area contributed by atoms with E-state index < -0.39 is 0 Å². The van der Waals surface area contributed by atoms with E-state index in [0.29, 0.717) is 6.04 Å². The average molecular weight is 440 g/mol. The summed E-state index contributed by atoms with van der Waals surface area (Å²) in [5.74, 6) is 0.879. The first kappa shape index (κ1) is 20.7. The number of halogens is 3. The lowest BCUT2D eigenvalue weighted by atomic mass is 10.0. The second-order valence-electron chi connectivity index (χ2n) is 5.10. The minimum absolute atomic E-state index is 0. The minimum atomic E-state index is 0. The fourth-order valence-electron chi connectivity index (χ4n) is 2.79. The van der Waals surface area contributed by atoms with Gasteiger partial charge in [-0.2, -0.15) is 0 Å². The van der Waals surface area contributed by atoms with Gasteiger partial charge in [-0.3, -0.25) is 4.90 Å². The van der Waals surface area contributed by atoms with E-state index >= 15 is 0 Å². The van der Waals surface area contributed by atoms with Gasteiger partial charge in [-0.25, -0.2) is 0 Å². The van der Waals surface area contributed by atoms with Gasteiger partial charge in [0.05, 0.1) is 17.6 Å². The number of piperazine rings is 1. The number of benzene rings is 1. The Labute approximate surface area is 162 Å². The summed E-state index contributed by atoms with van der Waals surface area (Å²) in [6.45, 7) is 4.26. The molecule has 3 nitrogen and oxygen atoms in total. The van der Waals surface area contributed by atoms with Crippen LogP contribution in [0, 0.1) is 0 Å². The van der Waals surface area contributed by atoms with Crippen LogP contribution in [-0.2, 0) is 0 Å². The lowest BCUT2D eigenvalue weighted by molar-refractivity contribution is 0.200. The molecule has 0 spiro atoms. The van der Waals surface area contributed by atoms with Crippen molar-refractivity contribution in [2.75, 3.05) is 33.3 Å². The number of hydrogen-bond donors (Lipinski definition) is 1. The quantitative estimate of drug-likeness (QED) is 0.765. The molecule has 0 saturated carbocycles. The molecule has 0 bridgehead atoms. The summed E-state index contributed by atoms with van der Waals surface area (Å²) in [5, 5.41) is 5.58. The number of hydrogen-bond acceptors (Lipinski definition) is 4. The summed E-state index contributed by atoms with van der Waals surface area (Å²) in [6, 6.07) is 11.1. The third-order valence-electron chi connectivity index (χ3n) is 3.82. The van der Waals surface area contributed by atoms with Crippen LogP contribution in [0.5, 0.6) is 5.75 Å². The molecule has 128 valence electrons.